The van der Waals surface area contributed by atoms with Gasteiger partial charge in [0.1, 0.15) is 18.1 Å². The molecule has 0 aliphatic carbocycles. The predicted molar refractivity (Wildman–Crippen MR) is 102 cm³/mol. The first kappa shape index (κ1) is 19.5. The Labute approximate surface area is 160 Å². The molecule has 0 saturated heterocycles. The van der Waals surface area contributed by atoms with Gasteiger partial charge in [0.05, 0.1) is 12.2 Å². The molecule has 0 aromatic heterocycles. The second-order valence-electron chi connectivity index (χ2n) is 5.11. The van der Waals surface area contributed by atoms with E-state index in [-0.39, 0.29) is 0 Å². The van der Waals surface area contributed by atoms with Crippen molar-refractivity contribution in [2.75, 3.05) is 13.2 Å². The van der Waals surface area contributed by atoms with E-state index in [1.807, 2.05) is 6.92 Å². The molecule has 0 fully saturated rings. The van der Waals surface area contributed by atoms with Crippen LogP contribution in [0.5, 0.6) is 11.5 Å². The van der Waals surface area contributed by atoms with E-state index >= 15 is 0 Å². The van der Waals surface area contributed by atoms with Crippen molar-refractivity contribution in [3.63, 3.8) is 0 Å². The summed E-state index contributed by atoms with van der Waals surface area (Å²) in [7, 11) is 0. The summed E-state index contributed by atoms with van der Waals surface area (Å²) in [6, 6.07) is 11.6. The van der Waals surface area contributed by atoms with Crippen LogP contribution in [0.15, 0.2) is 59.6 Å². The lowest BCUT2D eigenvalue weighted by molar-refractivity contribution is 0.0844. The first-order valence-electron chi connectivity index (χ1n) is 7.92. The number of nitrogens with one attached hydrogen (secondary N) is 2. The number of hydrogen-bond donors (Lipinski definition) is 2. The fourth-order valence-electron chi connectivity index (χ4n) is 2.07. The fraction of sp³-hybridized carbons (Fsp3) is 0.158. The molecule has 0 aliphatic rings. The van der Waals surface area contributed by atoms with Crippen LogP contribution in [0.1, 0.15) is 27.6 Å². The lowest BCUT2D eigenvalue weighted by Crippen LogP contribution is -2.41. The van der Waals surface area contributed by atoms with Crippen molar-refractivity contribution in [3.8, 4) is 11.5 Å². The van der Waals surface area contributed by atoms with E-state index in [0.717, 1.165) is 4.47 Å². The van der Waals surface area contributed by atoms with Crippen LogP contribution in [-0.4, -0.2) is 25.0 Å². The van der Waals surface area contributed by atoms with Gasteiger partial charge in [-0.3, -0.25) is 20.4 Å². The van der Waals surface area contributed by atoms with Gasteiger partial charge in [-0.15, -0.1) is 0 Å². The number of ether oxygens (including phenoxy) is 2. The van der Waals surface area contributed by atoms with Crippen LogP contribution in [0.4, 0.5) is 0 Å². The van der Waals surface area contributed by atoms with Crippen LogP contribution in [0.25, 0.3) is 0 Å². The Kier molecular flexibility index (Phi) is 7.23. The molecule has 0 bridgehead atoms. The van der Waals surface area contributed by atoms with Crippen LogP contribution in [-0.2, 0) is 0 Å². The molecule has 2 rings (SSSR count). The smallest absolute Gasteiger partial charge is 0.273 e. The Bertz CT molecular complexity index is 791. The van der Waals surface area contributed by atoms with Crippen LogP contribution in [0.3, 0.4) is 0 Å². The highest BCUT2D eigenvalue weighted by molar-refractivity contribution is 9.10. The predicted octanol–water partition coefficient (Wildman–Crippen LogP) is 3.49. The average molecular weight is 419 g/mol. The lowest BCUT2D eigenvalue weighted by Gasteiger charge is -2.12. The minimum Gasteiger partial charge on any atom is -0.493 e. The maximum Gasteiger partial charge on any atom is 0.273 e. The molecule has 0 heterocycles. The van der Waals surface area contributed by atoms with Gasteiger partial charge in [0, 0.05) is 10.0 Å². The Balaban J connectivity index is 1.99. The van der Waals surface area contributed by atoms with Gasteiger partial charge in [-0.1, -0.05) is 28.6 Å². The van der Waals surface area contributed by atoms with Crippen LogP contribution in [0, 0.1) is 0 Å². The maximum atomic E-state index is 12.3. The van der Waals surface area contributed by atoms with E-state index in [2.05, 4.69) is 33.4 Å². The van der Waals surface area contributed by atoms with Gasteiger partial charge in [0.2, 0.25) is 0 Å². The van der Waals surface area contributed by atoms with Crippen molar-refractivity contribution in [2.24, 2.45) is 0 Å². The highest BCUT2D eigenvalue weighted by Gasteiger charge is 2.14. The summed E-state index contributed by atoms with van der Waals surface area (Å²) >= 11 is 3.32. The molecule has 6 nitrogen and oxygen atoms in total. The second kappa shape index (κ2) is 9.62. The minimum absolute atomic E-state index is 0.315. The molecule has 0 unspecified atom stereocenters. The van der Waals surface area contributed by atoms with E-state index in [4.69, 9.17) is 9.47 Å². The van der Waals surface area contributed by atoms with E-state index in [1.165, 1.54) is 0 Å². The van der Waals surface area contributed by atoms with E-state index in [9.17, 15) is 9.59 Å². The van der Waals surface area contributed by atoms with Crippen LogP contribution < -0.4 is 20.3 Å². The molecule has 2 N–H and O–H groups in total. The standard InChI is InChI=1S/C19H19BrN2O4/c1-3-11-26-15-8-5-13(6-9-15)18(23)21-22-19(24)16-12-14(20)7-10-17(16)25-4-2/h3,5-10,12H,1,4,11H2,2H3,(H,21,23)(H,22,24). The van der Waals surface area contributed by atoms with Gasteiger partial charge in [-0.25, -0.2) is 0 Å². The lowest BCUT2D eigenvalue weighted by atomic mass is 10.2. The Morgan fingerprint density at radius 3 is 2.42 bits per heavy atom. The number of benzene rings is 2. The molecule has 2 aromatic carbocycles. The summed E-state index contributed by atoms with van der Waals surface area (Å²) in [6.45, 7) is 6.21. The monoisotopic (exact) mass is 418 g/mol. The first-order valence-corrected chi connectivity index (χ1v) is 8.71. The molecule has 0 radical (unpaired) electrons. The Morgan fingerprint density at radius 2 is 1.77 bits per heavy atom. The Hall–Kier alpha value is -2.80. The molecule has 26 heavy (non-hydrogen) atoms. The van der Waals surface area contributed by atoms with E-state index in [0.29, 0.717) is 35.8 Å². The minimum atomic E-state index is -0.478. The SMILES string of the molecule is C=CCOc1ccc(C(=O)NNC(=O)c2cc(Br)ccc2OCC)cc1. The number of hydrogen-bond acceptors (Lipinski definition) is 4. The molecular weight excluding hydrogens is 400 g/mol. The molecule has 7 heteroatoms. The third kappa shape index (κ3) is 5.35. The van der Waals surface area contributed by atoms with Gasteiger partial charge < -0.3 is 9.47 Å². The second-order valence-corrected chi connectivity index (χ2v) is 6.02. The number of carbonyl (C=O) groups excluding carboxylic acids is 2. The molecule has 0 saturated carbocycles. The van der Waals surface area contributed by atoms with Crippen molar-refractivity contribution >= 4 is 27.7 Å². The number of halogens is 1. The third-order valence-corrected chi connectivity index (χ3v) is 3.75. The zero-order chi connectivity index (χ0) is 18.9. The Morgan fingerprint density at radius 1 is 1.08 bits per heavy atom. The van der Waals surface area contributed by atoms with Crippen molar-refractivity contribution < 1.29 is 19.1 Å². The summed E-state index contributed by atoms with van der Waals surface area (Å²) < 4.78 is 11.5. The quantitative estimate of drug-likeness (QED) is 0.532. The first-order chi connectivity index (χ1) is 12.5. The number of amides is 2. The van der Waals surface area contributed by atoms with Crippen LogP contribution in [0.2, 0.25) is 0 Å². The highest BCUT2D eigenvalue weighted by Crippen LogP contribution is 2.23. The van der Waals surface area contributed by atoms with Crippen molar-refractivity contribution in [1.29, 1.82) is 0 Å². The molecule has 2 amide bonds. The zero-order valence-corrected chi connectivity index (χ0v) is 15.8. The summed E-state index contributed by atoms with van der Waals surface area (Å²) in [6.07, 6.45) is 1.63. The summed E-state index contributed by atoms with van der Waals surface area (Å²) in [4.78, 5) is 24.5. The molecule has 0 aliphatic heterocycles. The van der Waals surface area contributed by atoms with Gasteiger partial charge in [0.25, 0.3) is 11.8 Å². The zero-order valence-electron chi connectivity index (χ0n) is 14.3. The topological polar surface area (TPSA) is 76.7 Å². The fourth-order valence-corrected chi connectivity index (χ4v) is 2.43. The van der Waals surface area contributed by atoms with E-state index < -0.39 is 11.8 Å². The molecular formula is C19H19BrN2O4. The summed E-state index contributed by atoms with van der Waals surface area (Å²) in [5, 5.41) is 0. The number of rotatable bonds is 7. The molecule has 0 atom stereocenters. The summed E-state index contributed by atoms with van der Waals surface area (Å²) in [5.74, 6) is 0.141. The van der Waals surface area contributed by atoms with Gasteiger partial charge in [-0.2, -0.15) is 0 Å². The normalized spacial score (nSPS) is 9.92. The largest absolute Gasteiger partial charge is 0.493 e. The van der Waals surface area contributed by atoms with Gasteiger partial charge in [0.15, 0.2) is 0 Å². The van der Waals surface area contributed by atoms with Gasteiger partial charge in [-0.05, 0) is 49.4 Å². The van der Waals surface area contributed by atoms with Crippen molar-refractivity contribution in [1.82, 2.24) is 10.9 Å². The molecule has 2 aromatic rings. The van der Waals surface area contributed by atoms with E-state index in [1.54, 1.807) is 48.5 Å². The maximum absolute atomic E-state index is 12.3. The van der Waals surface area contributed by atoms with Crippen LogP contribution >= 0.6 is 15.9 Å². The van der Waals surface area contributed by atoms with Crippen molar-refractivity contribution in [2.45, 2.75) is 6.92 Å². The third-order valence-electron chi connectivity index (χ3n) is 3.26. The number of hydrazine groups is 1. The summed E-state index contributed by atoms with van der Waals surface area (Å²) in [5.41, 5.74) is 5.47. The highest BCUT2D eigenvalue weighted by atomic mass is 79.9. The molecule has 136 valence electrons. The van der Waals surface area contributed by atoms with Crippen molar-refractivity contribution in [3.05, 3.63) is 70.7 Å². The average Bonchev–Trinajstić information content (AvgIpc) is 2.66. The molecule has 0 spiro atoms. The van der Waals surface area contributed by atoms with Gasteiger partial charge >= 0.3 is 0 Å². The number of carbonyl (C=O) groups is 2.